The molecule has 0 aliphatic carbocycles. The van der Waals surface area contributed by atoms with Crippen molar-refractivity contribution in [2.75, 3.05) is 24.6 Å². The number of hydrogen-bond donors (Lipinski definition) is 3. The lowest BCUT2D eigenvalue weighted by atomic mass is 9.99. The molecule has 0 aliphatic heterocycles. The van der Waals surface area contributed by atoms with E-state index in [1.165, 1.54) is 37.0 Å². The van der Waals surface area contributed by atoms with Crippen molar-refractivity contribution in [2.24, 2.45) is 5.92 Å². The summed E-state index contributed by atoms with van der Waals surface area (Å²) in [6.07, 6.45) is 4.94. The minimum atomic E-state index is -0.117. The Labute approximate surface area is 119 Å². The van der Waals surface area contributed by atoms with E-state index >= 15 is 0 Å². The van der Waals surface area contributed by atoms with Crippen molar-refractivity contribution < 1.29 is 4.79 Å². The summed E-state index contributed by atoms with van der Waals surface area (Å²) in [5, 5.41) is 6.98. The number of rotatable bonds is 8. The lowest BCUT2D eigenvalue weighted by Crippen LogP contribution is -2.17. The lowest BCUT2D eigenvalue weighted by molar-refractivity contribution is 0.0968. The third kappa shape index (κ3) is 4.74. The van der Waals surface area contributed by atoms with Gasteiger partial charge in [0.15, 0.2) is 0 Å². The van der Waals surface area contributed by atoms with Crippen LogP contribution in [0.5, 0.6) is 0 Å². The minimum Gasteiger partial charge on any atom is -0.397 e. The van der Waals surface area contributed by atoms with E-state index in [1.54, 1.807) is 7.05 Å². The molecule has 1 aromatic heterocycles. The van der Waals surface area contributed by atoms with Crippen LogP contribution in [0, 0.1) is 5.92 Å². The second-order valence-corrected chi connectivity index (χ2v) is 5.82. The monoisotopic (exact) mass is 283 g/mol. The Morgan fingerprint density at radius 2 is 2.21 bits per heavy atom. The van der Waals surface area contributed by atoms with Gasteiger partial charge >= 0.3 is 0 Å². The fourth-order valence-corrected chi connectivity index (χ4v) is 2.90. The van der Waals surface area contributed by atoms with Crippen LogP contribution in [0.4, 0.5) is 10.7 Å². The van der Waals surface area contributed by atoms with Crippen LogP contribution in [0.1, 0.15) is 49.2 Å². The molecule has 19 heavy (non-hydrogen) atoms. The van der Waals surface area contributed by atoms with Gasteiger partial charge in [0.2, 0.25) is 0 Å². The fourth-order valence-electron chi connectivity index (χ4n) is 1.97. The number of anilines is 2. The number of nitrogens with one attached hydrogen (secondary N) is 2. The molecule has 0 radical (unpaired) electrons. The van der Waals surface area contributed by atoms with Gasteiger partial charge in [0.25, 0.3) is 5.91 Å². The molecule has 1 heterocycles. The molecular weight excluding hydrogens is 258 g/mol. The largest absolute Gasteiger partial charge is 0.397 e. The molecule has 108 valence electrons. The first-order valence-corrected chi connectivity index (χ1v) is 7.79. The summed E-state index contributed by atoms with van der Waals surface area (Å²) in [5.41, 5.74) is 6.40. The average Bonchev–Trinajstić information content (AvgIpc) is 2.79. The van der Waals surface area contributed by atoms with Crippen LogP contribution in [-0.4, -0.2) is 19.5 Å². The van der Waals surface area contributed by atoms with E-state index in [9.17, 15) is 4.79 Å². The van der Waals surface area contributed by atoms with Gasteiger partial charge in [-0.15, -0.1) is 11.3 Å². The molecule has 4 N–H and O–H groups in total. The Bertz CT molecular complexity index is 403. The highest BCUT2D eigenvalue weighted by atomic mass is 32.1. The van der Waals surface area contributed by atoms with Crippen molar-refractivity contribution in [1.29, 1.82) is 0 Å². The summed E-state index contributed by atoms with van der Waals surface area (Å²) in [6.45, 7) is 5.39. The van der Waals surface area contributed by atoms with Crippen LogP contribution >= 0.6 is 11.3 Å². The maximum absolute atomic E-state index is 11.6. The number of nitrogen functional groups attached to an aromatic ring is 1. The SMILES string of the molecule is CCCCC(CC)CNc1cc(N)c(C(=O)NC)s1. The van der Waals surface area contributed by atoms with Gasteiger partial charge in [-0.3, -0.25) is 4.79 Å². The van der Waals surface area contributed by atoms with Crippen LogP contribution in [0.3, 0.4) is 0 Å². The van der Waals surface area contributed by atoms with E-state index in [1.807, 2.05) is 6.07 Å². The highest BCUT2D eigenvalue weighted by Crippen LogP contribution is 2.29. The molecule has 1 aromatic rings. The molecule has 0 aromatic carbocycles. The van der Waals surface area contributed by atoms with E-state index in [0.29, 0.717) is 16.5 Å². The molecule has 1 atom stereocenters. The zero-order valence-corrected chi connectivity index (χ0v) is 12.9. The first-order valence-electron chi connectivity index (χ1n) is 6.97. The van der Waals surface area contributed by atoms with E-state index in [-0.39, 0.29) is 5.91 Å². The number of nitrogens with two attached hydrogens (primary N) is 1. The van der Waals surface area contributed by atoms with E-state index in [0.717, 1.165) is 11.5 Å². The molecule has 0 fully saturated rings. The highest BCUT2D eigenvalue weighted by Gasteiger charge is 2.13. The molecule has 5 heteroatoms. The molecular formula is C14H25N3OS. The Kier molecular flexibility index (Phi) is 6.70. The van der Waals surface area contributed by atoms with Crippen molar-refractivity contribution >= 4 is 27.9 Å². The van der Waals surface area contributed by atoms with Gasteiger partial charge in [0.05, 0.1) is 10.7 Å². The van der Waals surface area contributed by atoms with E-state index < -0.39 is 0 Å². The smallest absolute Gasteiger partial charge is 0.263 e. The van der Waals surface area contributed by atoms with Crippen molar-refractivity contribution in [1.82, 2.24) is 5.32 Å². The summed E-state index contributed by atoms with van der Waals surface area (Å²) in [6, 6.07) is 1.85. The van der Waals surface area contributed by atoms with Crippen molar-refractivity contribution in [3.63, 3.8) is 0 Å². The third-order valence-electron chi connectivity index (χ3n) is 3.30. The van der Waals surface area contributed by atoms with Gasteiger partial charge in [-0.25, -0.2) is 0 Å². The Hall–Kier alpha value is -1.23. The summed E-state index contributed by atoms with van der Waals surface area (Å²) in [4.78, 5) is 12.2. The summed E-state index contributed by atoms with van der Waals surface area (Å²) in [5.74, 6) is 0.570. The number of carbonyl (C=O) groups is 1. The third-order valence-corrected chi connectivity index (χ3v) is 4.41. The first kappa shape index (κ1) is 15.8. The van der Waals surface area contributed by atoms with Gasteiger partial charge in [0, 0.05) is 13.6 Å². The molecule has 0 aliphatic rings. The first-order chi connectivity index (χ1) is 9.12. The molecule has 1 amide bonds. The number of carbonyl (C=O) groups excluding carboxylic acids is 1. The fraction of sp³-hybridized carbons (Fsp3) is 0.643. The van der Waals surface area contributed by atoms with Crippen LogP contribution in [-0.2, 0) is 0 Å². The predicted molar refractivity (Wildman–Crippen MR) is 83.9 cm³/mol. The molecule has 0 spiro atoms. The summed E-state index contributed by atoms with van der Waals surface area (Å²) in [7, 11) is 1.62. The van der Waals surface area contributed by atoms with Gasteiger partial charge in [-0.1, -0.05) is 33.1 Å². The zero-order valence-electron chi connectivity index (χ0n) is 12.1. The topological polar surface area (TPSA) is 67.1 Å². The molecule has 0 bridgehead atoms. The predicted octanol–water partition coefficient (Wildman–Crippen LogP) is 3.32. The minimum absolute atomic E-state index is 0.117. The van der Waals surface area contributed by atoms with Crippen molar-refractivity contribution in [3.05, 3.63) is 10.9 Å². The van der Waals surface area contributed by atoms with Crippen LogP contribution in [0.15, 0.2) is 6.07 Å². The van der Waals surface area contributed by atoms with Crippen LogP contribution in [0.25, 0.3) is 0 Å². The zero-order chi connectivity index (χ0) is 14.3. The second kappa shape index (κ2) is 8.04. The lowest BCUT2D eigenvalue weighted by Gasteiger charge is -2.14. The normalized spacial score (nSPS) is 12.2. The maximum atomic E-state index is 11.6. The number of hydrogen-bond acceptors (Lipinski definition) is 4. The second-order valence-electron chi connectivity index (χ2n) is 4.77. The number of thiophene rings is 1. The number of amides is 1. The van der Waals surface area contributed by atoms with E-state index in [4.69, 9.17) is 5.73 Å². The van der Waals surface area contributed by atoms with Crippen LogP contribution in [0.2, 0.25) is 0 Å². The average molecular weight is 283 g/mol. The maximum Gasteiger partial charge on any atom is 0.263 e. The Morgan fingerprint density at radius 1 is 1.47 bits per heavy atom. The Morgan fingerprint density at radius 3 is 2.79 bits per heavy atom. The van der Waals surface area contributed by atoms with Crippen molar-refractivity contribution in [2.45, 2.75) is 39.5 Å². The molecule has 0 saturated carbocycles. The van der Waals surface area contributed by atoms with E-state index in [2.05, 4.69) is 24.5 Å². The van der Waals surface area contributed by atoms with Crippen LogP contribution < -0.4 is 16.4 Å². The highest BCUT2D eigenvalue weighted by molar-refractivity contribution is 7.18. The molecule has 0 saturated heterocycles. The molecule has 1 unspecified atom stereocenters. The molecule has 1 rings (SSSR count). The standard InChI is InChI=1S/C14H25N3OS/c1-4-6-7-10(5-2)9-17-12-8-11(15)13(19-12)14(18)16-3/h8,10,17H,4-7,9,15H2,1-3H3,(H,16,18). The van der Waals surface area contributed by atoms with Crippen molar-refractivity contribution in [3.8, 4) is 0 Å². The number of unbranched alkanes of at least 4 members (excludes halogenated alkanes) is 1. The van der Waals surface area contributed by atoms with Gasteiger partial charge in [-0.2, -0.15) is 0 Å². The summed E-state index contributed by atoms with van der Waals surface area (Å²) >= 11 is 1.42. The van der Waals surface area contributed by atoms with Gasteiger partial charge < -0.3 is 16.4 Å². The van der Waals surface area contributed by atoms with Gasteiger partial charge in [0.1, 0.15) is 4.88 Å². The summed E-state index contributed by atoms with van der Waals surface area (Å²) < 4.78 is 0. The Balaban J connectivity index is 2.55. The quantitative estimate of drug-likeness (QED) is 0.685. The van der Waals surface area contributed by atoms with Gasteiger partial charge in [-0.05, 0) is 18.4 Å². The molecule has 4 nitrogen and oxygen atoms in total.